The highest BCUT2D eigenvalue weighted by molar-refractivity contribution is 5.97. The predicted octanol–water partition coefficient (Wildman–Crippen LogP) is 4.00. The Bertz CT molecular complexity index is 1030. The lowest BCUT2D eigenvalue weighted by molar-refractivity contribution is 0.0493. The number of aliphatic hydroxyl groups excluding tert-OH is 1. The third kappa shape index (κ3) is 5.12. The summed E-state index contributed by atoms with van der Waals surface area (Å²) in [5.41, 5.74) is 6.44. The average Bonchev–Trinajstić information content (AvgIpc) is 2.81. The second-order valence-electron chi connectivity index (χ2n) is 8.65. The Morgan fingerprint density at radius 3 is 2.62 bits per heavy atom. The van der Waals surface area contributed by atoms with Gasteiger partial charge in [-0.15, -0.1) is 0 Å². The summed E-state index contributed by atoms with van der Waals surface area (Å²) in [4.78, 5) is 17.3. The van der Waals surface area contributed by atoms with Crippen molar-refractivity contribution in [3.8, 4) is 0 Å². The Morgan fingerprint density at radius 1 is 1.06 bits per heavy atom. The van der Waals surface area contributed by atoms with Crippen molar-refractivity contribution in [2.24, 2.45) is 0 Å². The maximum absolute atomic E-state index is 13.2. The van der Waals surface area contributed by atoms with E-state index in [9.17, 15) is 9.90 Å². The van der Waals surface area contributed by atoms with Crippen LogP contribution in [0.4, 0.5) is 5.69 Å². The first-order valence-corrected chi connectivity index (χ1v) is 11.5. The molecule has 0 saturated heterocycles. The molecule has 2 aliphatic rings. The van der Waals surface area contributed by atoms with E-state index in [0.717, 1.165) is 48.4 Å². The number of carbonyl (C=O) groups excluding carboxylic acids is 1. The Hall–Kier alpha value is -2.89. The third-order valence-electron chi connectivity index (χ3n) is 6.33. The van der Waals surface area contributed by atoms with E-state index in [1.54, 1.807) is 4.90 Å². The number of hydrogen-bond acceptors (Lipinski definition) is 4. The van der Waals surface area contributed by atoms with Crippen LogP contribution in [0.5, 0.6) is 0 Å². The molecule has 2 heterocycles. The zero-order chi connectivity index (χ0) is 22.5. The van der Waals surface area contributed by atoms with E-state index in [2.05, 4.69) is 34.5 Å². The topological polar surface area (TPSA) is 55.8 Å². The van der Waals surface area contributed by atoms with E-state index < -0.39 is 6.10 Å². The largest absolute Gasteiger partial charge is 0.390 e. The Labute approximate surface area is 191 Å². The number of hydrogen-bond donors (Lipinski definition) is 2. The molecule has 1 unspecified atom stereocenters. The van der Waals surface area contributed by atoms with Gasteiger partial charge in [0.1, 0.15) is 0 Å². The van der Waals surface area contributed by atoms with Crippen molar-refractivity contribution in [1.82, 2.24) is 9.80 Å². The summed E-state index contributed by atoms with van der Waals surface area (Å²) in [5, 5.41) is 14.1. The molecule has 2 aliphatic heterocycles. The summed E-state index contributed by atoms with van der Waals surface area (Å²) in [6, 6.07) is 14.5. The number of nitrogens with one attached hydrogen (secondary N) is 1. The van der Waals surface area contributed by atoms with Crippen LogP contribution in [0.15, 0.2) is 66.4 Å². The molecule has 1 atom stereocenters. The van der Waals surface area contributed by atoms with Crippen molar-refractivity contribution in [1.29, 1.82) is 0 Å². The van der Waals surface area contributed by atoms with Gasteiger partial charge in [0.25, 0.3) is 5.91 Å². The molecule has 0 spiro atoms. The van der Waals surface area contributed by atoms with Crippen molar-refractivity contribution in [2.75, 3.05) is 31.5 Å². The number of rotatable bonds is 7. The molecule has 0 saturated carbocycles. The molecule has 0 aliphatic carbocycles. The van der Waals surface area contributed by atoms with Gasteiger partial charge in [0.05, 0.1) is 6.10 Å². The van der Waals surface area contributed by atoms with Crippen molar-refractivity contribution < 1.29 is 9.90 Å². The molecule has 32 heavy (non-hydrogen) atoms. The van der Waals surface area contributed by atoms with Crippen molar-refractivity contribution >= 4 is 11.6 Å². The van der Waals surface area contributed by atoms with Gasteiger partial charge >= 0.3 is 0 Å². The molecule has 1 amide bonds. The first-order valence-electron chi connectivity index (χ1n) is 11.5. The monoisotopic (exact) mass is 431 g/mol. The number of anilines is 1. The van der Waals surface area contributed by atoms with Gasteiger partial charge in [0.15, 0.2) is 0 Å². The summed E-state index contributed by atoms with van der Waals surface area (Å²) in [7, 11) is 0. The number of amides is 1. The number of allylic oxidation sites excluding steroid dienone is 3. The normalized spacial score (nSPS) is 17.9. The van der Waals surface area contributed by atoms with Crippen LogP contribution in [0.3, 0.4) is 0 Å². The van der Waals surface area contributed by atoms with E-state index in [-0.39, 0.29) is 5.91 Å². The number of carbonyl (C=O) groups is 1. The second kappa shape index (κ2) is 10.2. The van der Waals surface area contributed by atoms with Gasteiger partial charge in [-0.1, -0.05) is 42.5 Å². The fourth-order valence-electron chi connectivity index (χ4n) is 4.65. The minimum atomic E-state index is -0.559. The molecule has 5 heteroatoms. The molecule has 0 aromatic heterocycles. The maximum Gasteiger partial charge on any atom is 0.254 e. The fraction of sp³-hybridized carbons (Fsp3) is 0.370. The maximum atomic E-state index is 13.2. The van der Waals surface area contributed by atoms with Crippen LogP contribution in [0, 0.1) is 0 Å². The Kier molecular flexibility index (Phi) is 7.08. The SMILES string of the molecule is C/C=C\C(=C/C)Nc1ccc2c(c1)C(=O)N(CC(O)CN1CCc3ccccc3C1)CC2. The van der Waals surface area contributed by atoms with Gasteiger partial charge in [-0.05, 0) is 61.6 Å². The van der Waals surface area contributed by atoms with Gasteiger partial charge < -0.3 is 15.3 Å². The lowest BCUT2D eigenvalue weighted by Crippen LogP contribution is -2.46. The van der Waals surface area contributed by atoms with Crippen LogP contribution < -0.4 is 5.32 Å². The predicted molar refractivity (Wildman–Crippen MR) is 130 cm³/mol. The standard InChI is InChI=1S/C27H33N3O2/c1-3-7-23(4-2)28-24-11-10-21-13-15-30(27(32)26(21)16-24)19-25(31)18-29-14-12-20-8-5-6-9-22(20)17-29/h3-11,16,25,28,31H,12-15,17-19H2,1-2H3/b7-3-,23-4+. The first-order chi connectivity index (χ1) is 15.6. The molecule has 0 radical (unpaired) electrons. The van der Waals surface area contributed by atoms with Crippen LogP contribution >= 0.6 is 0 Å². The molecule has 4 rings (SSSR count). The highest BCUT2D eigenvalue weighted by Crippen LogP contribution is 2.24. The molecule has 2 aromatic rings. The summed E-state index contributed by atoms with van der Waals surface area (Å²) >= 11 is 0. The first kappa shape index (κ1) is 22.3. The molecular formula is C27H33N3O2. The van der Waals surface area contributed by atoms with E-state index in [4.69, 9.17) is 0 Å². The number of β-amino-alcohol motifs (C(OH)–C–C–N with tert-alkyl or cyclic N) is 1. The molecule has 168 valence electrons. The second-order valence-corrected chi connectivity index (χ2v) is 8.65. The molecule has 5 nitrogen and oxygen atoms in total. The van der Waals surface area contributed by atoms with Crippen molar-refractivity contribution in [3.63, 3.8) is 0 Å². The van der Waals surface area contributed by atoms with Crippen LogP contribution in [-0.2, 0) is 19.4 Å². The number of aliphatic hydroxyl groups is 1. The Balaban J connectivity index is 1.38. The van der Waals surface area contributed by atoms with Crippen LogP contribution in [-0.4, -0.2) is 53.1 Å². The number of benzene rings is 2. The fourth-order valence-corrected chi connectivity index (χ4v) is 4.65. The summed E-state index contributed by atoms with van der Waals surface area (Å²) in [6.45, 7) is 7.37. The minimum Gasteiger partial charge on any atom is -0.390 e. The van der Waals surface area contributed by atoms with E-state index in [1.165, 1.54) is 11.1 Å². The smallest absolute Gasteiger partial charge is 0.254 e. The summed E-state index contributed by atoms with van der Waals surface area (Å²) in [5.74, 6) is 0.00556. The van der Waals surface area contributed by atoms with Crippen molar-refractivity contribution in [2.45, 2.75) is 39.3 Å². The summed E-state index contributed by atoms with van der Waals surface area (Å²) < 4.78 is 0. The molecule has 0 bridgehead atoms. The van der Waals surface area contributed by atoms with Gasteiger partial charge in [0, 0.05) is 49.7 Å². The quantitative estimate of drug-likeness (QED) is 0.651. The number of fused-ring (bicyclic) bond motifs is 2. The van der Waals surface area contributed by atoms with Gasteiger partial charge in [-0.2, -0.15) is 0 Å². The zero-order valence-electron chi connectivity index (χ0n) is 19.1. The van der Waals surface area contributed by atoms with Gasteiger partial charge in [-0.3, -0.25) is 9.69 Å². The van der Waals surface area contributed by atoms with Crippen molar-refractivity contribution in [3.05, 3.63) is 88.6 Å². The highest BCUT2D eigenvalue weighted by atomic mass is 16.3. The lowest BCUT2D eigenvalue weighted by atomic mass is 9.97. The van der Waals surface area contributed by atoms with Crippen LogP contribution in [0.2, 0.25) is 0 Å². The molecule has 2 aromatic carbocycles. The molecule has 2 N–H and O–H groups in total. The Morgan fingerprint density at radius 2 is 1.84 bits per heavy atom. The van der Waals surface area contributed by atoms with E-state index >= 15 is 0 Å². The van der Waals surface area contributed by atoms with Crippen LogP contribution in [0.25, 0.3) is 0 Å². The average molecular weight is 432 g/mol. The highest BCUT2D eigenvalue weighted by Gasteiger charge is 2.27. The summed E-state index contributed by atoms with van der Waals surface area (Å²) in [6.07, 6.45) is 7.25. The molecular weight excluding hydrogens is 398 g/mol. The van der Waals surface area contributed by atoms with E-state index in [0.29, 0.717) is 19.6 Å². The van der Waals surface area contributed by atoms with Gasteiger partial charge in [-0.25, -0.2) is 0 Å². The zero-order valence-corrected chi connectivity index (χ0v) is 19.1. The lowest BCUT2D eigenvalue weighted by Gasteiger charge is -2.34. The number of nitrogens with zero attached hydrogens (tertiary/aromatic N) is 2. The van der Waals surface area contributed by atoms with Crippen LogP contribution in [0.1, 0.15) is 40.9 Å². The van der Waals surface area contributed by atoms with Gasteiger partial charge in [0.2, 0.25) is 0 Å². The van der Waals surface area contributed by atoms with E-state index in [1.807, 2.05) is 50.3 Å². The third-order valence-corrected chi connectivity index (χ3v) is 6.33. The minimum absolute atomic E-state index is 0.00556. The molecule has 0 fully saturated rings.